The molecule has 2 saturated heterocycles. The summed E-state index contributed by atoms with van der Waals surface area (Å²) in [5.74, 6) is 3.17. The van der Waals surface area contributed by atoms with E-state index in [1.807, 2.05) is 4.90 Å². The molecule has 2 aliphatic rings. The number of carbonyl (C=O) groups excluding carboxylic acids is 1. The fourth-order valence-electron chi connectivity index (χ4n) is 4.04. The fraction of sp³-hybridized carbons (Fsp3) is 0.500. The summed E-state index contributed by atoms with van der Waals surface area (Å²) in [6.45, 7) is 4.80. The molecular formula is C22H30N6O3. The molecule has 1 aromatic carbocycles. The van der Waals surface area contributed by atoms with Gasteiger partial charge in [0.2, 0.25) is 0 Å². The first kappa shape index (κ1) is 21.0. The van der Waals surface area contributed by atoms with Crippen molar-refractivity contribution in [3.8, 4) is 11.5 Å². The van der Waals surface area contributed by atoms with Gasteiger partial charge in [-0.3, -0.25) is 0 Å². The Labute approximate surface area is 183 Å². The molecule has 3 heterocycles. The minimum atomic E-state index is -0.139. The number of hydrogen-bond acceptors (Lipinski definition) is 7. The van der Waals surface area contributed by atoms with E-state index in [0.717, 1.165) is 37.8 Å². The molecule has 166 valence electrons. The standard InChI is InChI=1S/C22H30N6O3/c1-30-17-6-7-18(19(14-17)31-2)25-22(29)28-12-10-27(11-13-28)21-15-20(23-16-24-21)26-8-4-3-5-9-26/h6-7,14-16H,3-5,8-13H2,1-2H3,(H,25,29). The fourth-order valence-corrected chi connectivity index (χ4v) is 4.04. The van der Waals surface area contributed by atoms with Crippen molar-refractivity contribution < 1.29 is 14.3 Å². The second kappa shape index (κ2) is 9.72. The van der Waals surface area contributed by atoms with E-state index >= 15 is 0 Å². The van der Waals surface area contributed by atoms with Gasteiger partial charge in [0.05, 0.1) is 19.9 Å². The molecule has 0 radical (unpaired) electrons. The highest BCUT2D eigenvalue weighted by molar-refractivity contribution is 5.91. The summed E-state index contributed by atoms with van der Waals surface area (Å²) in [4.78, 5) is 28.1. The number of rotatable bonds is 5. The number of carbonyl (C=O) groups is 1. The molecule has 1 aromatic heterocycles. The monoisotopic (exact) mass is 426 g/mol. The van der Waals surface area contributed by atoms with Crippen LogP contribution in [-0.2, 0) is 0 Å². The Bertz CT molecular complexity index is 895. The number of methoxy groups -OCH3 is 2. The van der Waals surface area contributed by atoms with Gasteiger partial charge in [-0.1, -0.05) is 0 Å². The molecule has 31 heavy (non-hydrogen) atoms. The van der Waals surface area contributed by atoms with E-state index in [0.29, 0.717) is 30.3 Å². The third kappa shape index (κ3) is 4.92. The van der Waals surface area contributed by atoms with E-state index < -0.39 is 0 Å². The Balaban J connectivity index is 1.35. The van der Waals surface area contributed by atoms with Gasteiger partial charge in [0.1, 0.15) is 29.5 Å². The summed E-state index contributed by atoms with van der Waals surface area (Å²) >= 11 is 0. The van der Waals surface area contributed by atoms with Crippen LogP contribution in [0.15, 0.2) is 30.6 Å². The van der Waals surface area contributed by atoms with Crippen molar-refractivity contribution in [1.82, 2.24) is 14.9 Å². The maximum absolute atomic E-state index is 12.8. The minimum Gasteiger partial charge on any atom is -0.497 e. The second-order valence-corrected chi connectivity index (χ2v) is 7.75. The zero-order valence-corrected chi connectivity index (χ0v) is 18.2. The lowest BCUT2D eigenvalue weighted by Gasteiger charge is -2.36. The zero-order chi connectivity index (χ0) is 21.6. The number of hydrogen-bond donors (Lipinski definition) is 1. The Morgan fingerprint density at radius 3 is 2.19 bits per heavy atom. The molecule has 9 heteroatoms. The number of aromatic nitrogens is 2. The van der Waals surface area contributed by atoms with E-state index in [4.69, 9.17) is 9.47 Å². The number of anilines is 3. The van der Waals surface area contributed by atoms with Crippen LogP contribution >= 0.6 is 0 Å². The predicted molar refractivity (Wildman–Crippen MR) is 120 cm³/mol. The minimum absolute atomic E-state index is 0.139. The lowest BCUT2D eigenvalue weighted by atomic mass is 10.1. The highest BCUT2D eigenvalue weighted by Gasteiger charge is 2.23. The van der Waals surface area contributed by atoms with Crippen molar-refractivity contribution in [2.45, 2.75) is 19.3 Å². The van der Waals surface area contributed by atoms with Crippen LogP contribution in [0.5, 0.6) is 11.5 Å². The first-order chi connectivity index (χ1) is 15.2. The van der Waals surface area contributed by atoms with Crippen LogP contribution in [0.2, 0.25) is 0 Å². The third-order valence-electron chi connectivity index (χ3n) is 5.86. The molecule has 2 fully saturated rings. The number of ether oxygens (including phenoxy) is 2. The normalized spacial score (nSPS) is 16.8. The van der Waals surface area contributed by atoms with Crippen molar-refractivity contribution in [1.29, 1.82) is 0 Å². The number of urea groups is 1. The first-order valence-electron chi connectivity index (χ1n) is 10.8. The molecular weight excluding hydrogens is 396 g/mol. The molecule has 1 N–H and O–H groups in total. The highest BCUT2D eigenvalue weighted by atomic mass is 16.5. The average Bonchev–Trinajstić information content (AvgIpc) is 2.85. The van der Waals surface area contributed by atoms with Crippen molar-refractivity contribution in [3.63, 3.8) is 0 Å². The van der Waals surface area contributed by atoms with E-state index in [-0.39, 0.29) is 6.03 Å². The lowest BCUT2D eigenvalue weighted by Crippen LogP contribution is -2.50. The molecule has 9 nitrogen and oxygen atoms in total. The summed E-state index contributed by atoms with van der Waals surface area (Å²) < 4.78 is 10.6. The van der Waals surface area contributed by atoms with Crippen LogP contribution in [0.4, 0.5) is 22.1 Å². The van der Waals surface area contributed by atoms with Crippen LogP contribution in [0, 0.1) is 0 Å². The SMILES string of the molecule is COc1ccc(NC(=O)N2CCN(c3cc(N4CCCCC4)ncn3)CC2)c(OC)c1. The molecule has 2 aromatic rings. The molecule has 0 unspecified atom stereocenters. The Hall–Kier alpha value is -3.23. The predicted octanol–water partition coefficient (Wildman–Crippen LogP) is 2.84. The Morgan fingerprint density at radius 1 is 0.871 bits per heavy atom. The highest BCUT2D eigenvalue weighted by Crippen LogP contribution is 2.29. The number of benzene rings is 1. The van der Waals surface area contributed by atoms with Gasteiger partial charge in [0.25, 0.3) is 0 Å². The molecule has 0 saturated carbocycles. The quantitative estimate of drug-likeness (QED) is 0.787. The van der Waals surface area contributed by atoms with E-state index in [1.54, 1.807) is 38.7 Å². The zero-order valence-electron chi connectivity index (χ0n) is 18.2. The third-order valence-corrected chi connectivity index (χ3v) is 5.86. The topological polar surface area (TPSA) is 83.1 Å². The number of piperazine rings is 1. The van der Waals surface area contributed by atoms with Gasteiger partial charge >= 0.3 is 6.03 Å². The molecule has 0 spiro atoms. The molecule has 4 rings (SSSR count). The summed E-state index contributed by atoms with van der Waals surface area (Å²) in [7, 11) is 3.17. The molecule has 0 atom stereocenters. The van der Waals surface area contributed by atoms with E-state index in [1.165, 1.54) is 19.3 Å². The summed E-state index contributed by atoms with van der Waals surface area (Å²) in [5, 5.41) is 2.94. The summed E-state index contributed by atoms with van der Waals surface area (Å²) in [5.41, 5.74) is 0.623. The summed E-state index contributed by atoms with van der Waals surface area (Å²) in [6.07, 6.45) is 5.37. The Morgan fingerprint density at radius 2 is 1.55 bits per heavy atom. The van der Waals surface area contributed by atoms with Gasteiger partial charge in [-0.15, -0.1) is 0 Å². The second-order valence-electron chi connectivity index (χ2n) is 7.75. The van der Waals surface area contributed by atoms with Gasteiger partial charge in [-0.25, -0.2) is 14.8 Å². The van der Waals surface area contributed by atoms with Gasteiger partial charge in [0, 0.05) is 51.4 Å². The number of piperidine rings is 1. The maximum atomic E-state index is 12.8. The largest absolute Gasteiger partial charge is 0.497 e. The lowest BCUT2D eigenvalue weighted by molar-refractivity contribution is 0.208. The van der Waals surface area contributed by atoms with Crippen molar-refractivity contribution in [2.75, 3.05) is 68.6 Å². The number of nitrogens with zero attached hydrogens (tertiary/aromatic N) is 5. The van der Waals surface area contributed by atoms with Gasteiger partial charge in [-0.2, -0.15) is 0 Å². The van der Waals surface area contributed by atoms with Gasteiger partial charge in [0.15, 0.2) is 0 Å². The van der Waals surface area contributed by atoms with Gasteiger partial charge in [-0.05, 0) is 31.4 Å². The van der Waals surface area contributed by atoms with Crippen LogP contribution < -0.4 is 24.6 Å². The van der Waals surface area contributed by atoms with E-state index in [2.05, 4.69) is 31.2 Å². The number of nitrogens with one attached hydrogen (secondary N) is 1. The van der Waals surface area contributed by atoms with Gasteiger partial charge < -0.3 is 29.5 Å². The average molecular weight is 427 g/mol. The van der Waals surface area contributed by atoms with Crippen LogP contribution in [-0.4, -0.2) is 74.4 Å². The number of amides is 2. The Kier molecular flexibility index (Phi) is 6.59. The van der Waals surface area contributed by atoms with Crippen molar-refractivity contribution >= 4 is 23.4 Å². The van der Waals surface area contributed by atoms with Crippen LogP contribution in [0.1, 0.15) is 19.3 Å². The molecule has 2 aliphatic heterocycles. The van der Waals surface area contributed by atoms with Crippen LogP contribution in [0.3, 0.4) is 0 Å². The molecule has 2 amide bonds. The molecule has 0 bridgehead atoms. The first-order valence-corrected chi connectivity index (χ1v) is 10.8. The van der Waals surface area contributed by atoms with Crippen LogP contribution in [0.25, 0.3) is 0 Å². The van der Waals surface area contributed by atoms with E-state index in [9.17, 15) is 4.79 Å². The maximum Gasteiger partial charge on any atom is 0.322 e. The summed E-state index contributed by atoms with van der Waals surface area (Å²) in [6, 6.07) is 7.27. The smallest absolute Gasteiger partial charge is 0.322 e. The van der Waals surface area contributed by atoms with Crippen molar-refractivity contribution in [2.24, 2.45) is 0 Å². The van der Waals surface area contributed by atoms with Crippen molar-refractivity contribution in [3.05, 3.63) is 30.6 Å². The molecule has 0 aliphatic carbocycles.